The number of carbonyl (C=O) groups is 1. The minimum atomic E-state index is -5.80. The van der Waals surface area contributed by atoms with E-state index in [1.807, 2.05) is 0 Å². The van der Waals surface area contributed by atoms with E-state index in [4.69, 9.17) is 0 Å². The number of benzene rings is 1. The average Bonchev–Trinajstić information content (AvgIpc) is 2.15. The van der Waals surface area contributed by atoms with E-state index in [0.29, 0.717) is 6.29 Å². The number of ether oxygens (including phenoxy) is 1. The summed E-state index contributed by atoms with van der Waals surface area (Å²) in [7, 11) is 0. The van der Waals surface area contributed by atoms with Gasteiger partial charge >= 0.3 is 12.3 Å². The summed E-state index contributed by atoms with van der Waals surface area (Å²) in [6.07, 6.45) is -10.8. The Morgan fingerprint density at radius 3 is 2.25 bits per heavy atom. The van der Waals surface area contributed by atoms with Gasteiger partial charge in [-0.2, -0.15) is 22.0 Å². The third-order valence-corrected chi connectivity index (χ3v) is 1.57. The van der Waals surface area contributed by atoms with Crippen LogP contribution < -0.4 is 4.74 Å². The normalized spacial score (nSPS) is 12.3. The van der Waals surface area contributed by atoms with E-state index >= 15 is 0 Å². The first-order valence-electron chi connectivity index (χ1n) is 3.95. The molecule has 1 aromatic carbocycles. The molecule has 0 saturated heterocycles. The Hall–Kier alpha value is -1.66. The van der Waals surface area contributed by atoms with Gasteiger partial charge in [-0.1, -0.05) is 12.1 Å². The second-order valence-corrected chi connectivity index (χ2v) is 2.81. The number of hydrogen-bond donors (Lipinski definition) is 0. The molecule has 0 spiro atoms. The minimum Gasteiger partial charge on any atom is -0.426 e. The molecule has 0 unspecified atom stereocenters. The predicted molar refractivity (Wildman–Crippen MR) is 43.5 cm³/mol. The maximum Gasteiger partial charge on any atom is 0.499 e. The molecule has 7 heteroatoms. The van der Waals surface area contributed by atoms with Gasteiger partial charge < -0.3 is 4.74 Å². The summed E-state index contributed by atoms with van der Waals surface area (Å²) in [6, 6.07) is 4.05. The van der Waals surface area contributed by atoms with Gasteiger partial charge in [0.2, 0.25) is 0 Å². The number of aldehydes is 1. The van der Waals surface area contributed by atoms with E-state index in [1.54, 1.807) is 0 Å². The number of carbonyl (C=O) groups excluding carboxylic acids is 1. The van der Waals surface area contributed by atoms with Crippen LogP contribution >= 0.6 is 0 Å². The third kappa shape index (κ3) is 2.68. The van der Waals surface area contributed by atoms with E-state index in [1.165, 1.54) is 6.07 Å². The topological polar surface area (TPSA) is 26.3 Å². The van der Waals surface area contributed by atoms with Crippen molar-refractivity contribution in [2.45, 2.75) is 12.3 Å². The van der Waals surface area contributed by atoms with Crippen molar-refractivity contribution in [3.05, 3.63) is 29.8 Å². The van der Waals surface area contributed by atoms with Crippen molar-refractivity contribution in [1.82, 2.24) is 0 Å². The van der Waals surface area contributed by atoms with Crippen LogP contribution in [0.3, 0.4) is 0 Å². The average molecular weight is 240 g/mol. The molecule has 0 aromatic heterocycles. The lowest BCUT2D eigenvalue weighted by Crippen LogP contribution is -2.41. The Morgan fingerprint density at radius 2 is 1.75 bits per heavy atom. The molecule has 0 aliphatic rings. The highest BCUT2D eigenvalue weighted by molar-refractivity contribution is 5.75. The van der Waals surface area contributed by atoms with Crippen LogP contribution in [0.1, 0.15) is 10.4 Å². The molecule has 88 valence electrons. The second-order valence-electron chi connectivity index (χ2n) is 2.81. The monoisotopic (exact) mass is 240 g/mol. The van der Waals surface area contributed by atoms with E-state index < -0.39 is 18.0 Å². The Kier molecular flexibility index (Phi) is 3.16. The lowest BCUT2D eigenvalue weighted by atomic mass is 10.2. The summed E-state index contributed by atoms with van der Waals surface area (Å²) in [5.74, 6) is -0.730. The Bertz CT molecular complexity index is 386. The maximum atomic E-state index is 12.4. The Labute approximate surface area is 86.6 Å². The highest BCUT2D eigenvalue weighted by Gasteiger charge is 2.61. The van der Waals surface area contributed by atoms with Crippen LogP contribution in [-0.4, -0.2) is 18.6 Å². The summed E-state index contributed by atoms with van der Waals surface area (Å²) >= 11 is 0. The van der Waals surface area contributed by atoms with Crippen LogP contribution in [0.25, 0.3) is 0 Å². The number of alkyl halides is 5. The third-order valence-electron chi connectivity index (χ3n) is 1.57. The molecule has 1 rings (SSSR count). The maximum absolute atomic E-state index is 12.4. The molecule has 0 amide bonds. The molecule has 0 atom stereocenters. The standard InChI is InChI=1S/C9H5F5O2/c10-8(11,12)9(13,14)16-7-3-1-2-6(4-7)5-15/h1-5H. The fourth-order valence-electron chi connectivity index (χ4n) is 0.857. The van der Waals surface area contributed by atoms with Gasteiger partial charge in [0.1, 0.15) is 12.0 Å². The van der Waals surface area contributed by atoms with Gasteiger partial charge in [-0.25, -0.2) is 0 Å². The first-order chi connectivity index (χ1) is 7.26. The van der Waals surface area contributed by atoms with E-state index in [2.05, 4.69) is 4.74 Å². The summed E-state index contributed by atoms with van der Waals surface area (Å²) in [6.45, 7) is 0. The molecule has 0 N–H and O–H groups in total. The van der Waals surface area contributed by atoms with Crippen molar-refractivity contribution in [3.8, 4) is 5.75 Å². The van der Waals surface area contributed by atoms with Crippen LogP contribution in [0.4, 0.5) is 22.0 Å². The van der Waals surface area contributed by atoms with E-state index in [9.17, 15) is 26.7 Å². The lowest BCUT2D eigenvalue weighted by Gasteiger charge is -2.20. The smallest absolute Gasteiger partial charge is 0.426 e. The first-order valence-corrected chi connectivity index (χ1v) is 3.95. The van der Waals surface area contributed by atoms with Gasteiger partial charge in [-0.05, 0) is 12.1 Å². The Balaban J connectivity index is 2.92. The van der Waals surface area contributed by atoms with Crippen molar-refractivity contribution in [1.29, 1.82) is 0 Å². The highest BCUT2D eigenvalue weighted by Crippen LogP contribution is 2.37. The van der Waals surface area contributed by atoms with E-state index in [-0.39, 0.29) is 5.56 Å². The first kappa shape index (κ1) is 12.4. The van der Waals surface area contributed by atoms with Crippen LogP contribution in [-0.2, 0) is 0 Å². The quantitative estimate of drug-likeness (QED) is 0.599. The van der Waals surface area contributed by atoms with Crippen molar-refractivity contribution in [3.63, 3.8) is 0 Å². The molecule has 0 saturated carbocycles. The predicted octanol–water partition coefficient (Wildman–Crippen LogP) is 3.03. The number of rotatable bonds is 3. The number of halogens is 5. The van der Waals surface area contributed by atoms with Crippen LogP contribution in [0.15, 0.2) is 24.3 Å². The summed E-state index contributed by atoms with van der Waals surface area (Å²) in [5, 5.41) is 0. The van der Waals surface area contributed by atoms with Crippen molar-refractivity contribution < 1.29 is 31.5 Å². The zero-order chi connectivity index (χ0) is 12.4. The van der Waals surface area contributed by atoms with Crippen molar-refractivity contribution in [2.24, 2.45) is 0 Å². The molecule has 16 heavy (non-hydrogen) atoms. The molecule has 1 aromatic rings. The highest BCUT2D eigenvalue weighted by atomic mass is 19.4. The van der Waals surface area contributed by atoms with Crippen LogP contribution in [0, 0.1) is 0 Å². The molecular weight excluding hydrogens is 235 g/mol. The summed E-state index contributed by atoms with van der Waals surface area (Å²) in [5.41, 5.74) is -0.0597. The zero-order valence-corrected chi connectivity index (χ0v) is 7.59. The Morgan fingerprint density at radius 1 is 1.12 bits per heavy atom. The van der Waals surface area contributed by atoms with Crippen molar-refractivity contribution >= 4 is 6.29 Å². The van der Waals surface area contributed by atoms with Gasteiger partial charge in [0, 0.05) is 5.56 Å². The largest absolute Gasteiger partial charge is 0.499 e. The fourth-order valence-corrected chi connectivity index (χ4v) is 0.857. The minimum absolute atomic E-state index is 0.0597. The molecule has 0 aliphatic heterocycles. The molecule has 0 heterocycles. The van der Waals surface area contributed by atoms with Gasteiger partial charge in [0.15, 0.2) is 0 Å². The van der Waals surface area contributed by atoms with Crippen molar-refractivity contribution in [2.75, 3.05) is 0 Å². The fraction of sp³-hybridized carbons (Fsp3) is 0.222. The molecule has 0 fully saturated rings. The van der Waals surface area contributed by atoms with Gasteiger partial charge in [0.25, 0.3) is 0 Å². The molecule has 2 nitrogen and oxygen atoms in total. The SMILES string of the molecule is O=Cc1cccc(OC(F)(F)C(F)(F)F)c1. The molecule has 0 bridgehead atoms. The lowest BCUT2D eigenvalue weighted by molar-refractivity contribution is -0.360. The summed E-state index contributed by atoms with van der Waals surface area (Å²) < 4.78 is 63.6. The molecule has 0 radical (unpaired) electrons. The number of hydrogen-bond acceptors (Lipinski definition) is 2. The zero-order valence-electron chi connectivity index (χ0n) is 7.59. The van der Waals surface area contributed by atoms with Crippen LogP contribution in [0.5, 0.6) is 5.75 Å². The van der Waals surface area contributed by atoms with Gasteiger partial charge in [-0.3, -0.25) is 4.79 Å². The molecular formula is C9H5F5O2. The van der Waals surface area contributed by atoms with E-state index in [0.717, 1.165) is 18.2 Å². The van der Waals surface area contributed by atoms with Gasteiger partial charge in [-0.15, -0.1) is 0 Å². The molecule has 0 aliphatic carbocycles. The van der Waals surface area contributed by atoms with Gasteiger partial charge in [0.05, 0.1) is 0 Å². The summed E-state index contributed by atoms with van der Waals surface area (Å²) in [4.78, 5) is 10.3. The second kappa shape index (κ2) is 4.07. The van der Waals surface area contributed by atoms with Crippen LogP contribution in [0.2, 0.25) is 0 Å².